The van der Waals surface area contributed by atoms with Gasteiger partial charge < -0.3 is 14.8 Å². The molecule has 0 bridgehead atoms. The number of anilines is 2. The maximum Gasteiger partial charge on any atom is 0.261 e. The van der Waals surface area contributed by atoms with E-state index in [9.17, 15) is 13.2 Å². The lowest BCUT2D eigenvalue weighted by Gasteiger charge is -2.11. The standard InChI is InChI=1S/C21H21N3O5S/c1-3-29-17-8-6-16(7-9-17)24-30(26,27)18-10-4-15(5-11-18)21(25)23-19-14-22-13-12-20(19)28-2/h4-14,24H,3H2,1-2H3,(H,23,25). The summed E-state index contributed by atoms with van der Waals surface area (Å²) in [4.78, 5) is 16.4. The first kappa shape index (κ1) is 21.1. The lowest BCUT2D eigenvalue weighted by Crippen LogP contribution is -2.15. The normalized spacial score (nSPS) is 10.9. The predicted octanol–water partition coefficient (Wildman–Crippen LogP) is 3.54. The van der Waals surface area contributed by atoms with Crippen molar-refractivity contribution in [3.63, 3.8) is 0 Å². The van der Waals surface area contributed by atoms with Gasteiger partial charge >= 0.3 is 0 Å². The fourth-order valence-electron chi connectivity index (χ4n) is 2.63. The topological polar surface area (TPSA) is 107 Å². The molecule has 0 aliphatic heterocycles. The Balaban J connectivity index is 1.71. The largest absolute Gasteiger partial charge is 0.494 e. The number of benzene rings is 2. The molecule has 0 radical (unpaired) electrons. The molecule has 0 unspecified atom stereocenters. The Morgan fingerprint density at radius 3 is 2.37 bits per heavy atom. The monoisotopic (exact) mass is 427 g/mol. The van der Waals surface area contributed by atoms with Gasteiger partial charge in [0.25, 0.3) is 15.9 Å². The maximum absolute atomic E-state index is 12.6. The molecule has 3 rings (SSSR count). The van der Waals surface area contributed by atoms with Crippen LogP contribution in [0.5, 0.6) is 11.5 Å². The van der Waals surface area contributed by atoms with Gasteiger partial charge in [-0.3, -0.25) is 14.5 Å². The highest BCUT2D eigenvalue weighted by Gasteiger charge is 2.16. The van der Waals surface area contributed by atoms with Crippen molar-refractivity contribution in [1.82, 2.24) is 4.98 Å². The molecule has 0 atom stereocenters. The van der Waals surface area contributed by atoms with Crippen LogP contribution in [0.25, 0.3) is 0 Å². The average Bonchev–Trinajstić information content (AvgIpc) is 2.75. The molecule has 1 amide bonds. The van der Waals surface area contributed by atoms with E-state index in [1.54, 1.807) is 36.5 Å². The van der Waals surface area contributed by atoms with E-state index in [2.05, 4.69) is 15.0 Å². The molecular formula is C21H21N3O5S. The zero-order chi connectivity index (χ0) is 21.6. The van der Waals surface area contributed by atoms with Crippen LogP contribution in [-0.2, 0) is 10.0 Å². The van der Waals surface area contributed by atoms with Crippen molar-refractivity contribution >= 4 is 27.3 Å². The Bertz CT molecular complexity index is 1110. The summed E-state index contributed by atoms with van der Waals surface area (Å²) in [5.41, 5.74) is 1.11. The number of hydrogen-bond donors (Lipinski definition) is 2. The summed E-state index contributed by atoms with van der Waals surface area (Å²) < 4.78 is 38.2. The van der Waals surface area contributed by atoms with E-state index in [0.717, 1.165) is 0 Å². The third-order valence-corrected chi connectivity index (χ3v) is 5.49. The van der Waals surface area contributed by atoms with Crippen LogP contribution in [0.4, 0.5) is 11.4 Å². The van der Waals surface area contributed by atoms with E-state index >= 15 is 0 Å². The van der Waals surface area contributed by atoms with E-state index in [0.29, 0.717) is 35.0 Å². The van der Waals surface area contributed by atoms with Gasteiger partial charge in [0.05, 0.1) is 24.8 Å². The highest BCUT2D eigenvalue weighted by Crippen LogP contribution is 2.23. The SMILES string of the molecule is CCOc1ccc(NS(=O)(=O)c2ccc(C(=O)Nc3cnccc3OC)cc2)cc1. The summed E-state index contributed by atoms with van der Waals surface area (Å²) >= 11 is 0. The van der Waals surface area contributed by atoms with E-state index in [1.807, 2.05) is 6.92 Å². The Labute approximate surface area is 174 Å². The summed E-state index contributed by atoms with van der Waals surface area (Å²) in [6.45, 7) is 2.40. The van der Waals surface area contributed by atoms with Crippen molar-refractivity contribution in [3.05, 3.63) is 72.6 Å². The summed E-state index contributed by atoms with van der Waals surface area (Å²) in [5.74, 6) is 0.711. The van der Waals surface area contributed by atoms with Crippen molar-refractivity contribution < 1.29 is 22.7 Å². The zero-order valence-corrected chi connectivity index (χ0v) is 17.3. The van der Waals surface area contributed by atoms with Gasteiger partial charge in [0.2, 0.25) is 0 Å². The number of carbonyl (C=O) groups excluding carboxylic acids is 1. The minimum Gasteiger partial charge on any atom is -0.494 e. The third kappa shape index (κ3) is 5.06. The summed E-state index contributed by atoms with van der Waals surface area (Å²) in [6.07, 6.45) is 3.02. The van der Waals surface area contributed by atoms with Crippen LogP contribution in [0.1, 0.15) is 17.3 Å². The van der Waals surface area contributed by atoms with Gasteiger partial charge in [-0.2, -0.15) is 0 Å². The molecule has 0 aliphatic rings. The number of methoxy groups -OCH3 is 1. The number of sulfonamides is 1. The van der Waals surface area contributed by atoms with Crippen LogP contribution in [-0.4, -0.2) is 33.0 Å². The molecule has 0 saturated carbocycles. The second kappa shape index (κ2) is 9.27. The minimum absolute atomic E-state index is 0.0342. The lowest BCUT2D eigenvalue weighted by atomic mass is 10.2. The first-order chi connectivity index (χ1) is 14.4. The Hall–Kier alpha value is -3.59. The molecule has 8 nitrogen and oxygen atoms in total. The zero-order valence-electron chi connectivity index (χ0n) is 16.5. The van der Waals surface area contributed by atoms with Crippen molar-refractivity contribution in [3.8, 4) is 11.5 Å². The number of pyridine rings is 1. The molecule has 2 aromatic carbocycles. The van der Waals surface area contributed by atoms with Gasteiger partial charge in [0.1, 0.15) is 17.2 Å². The number of rotatable bonds is 8. The average molecular weight is 427 g/mol. The van der Waals surface area contributed by atoms with Crippen molar-refractivity contribution in [2.75, 3.05) is 23.8 Å². The van der Waals surface area contributed by atoms with Crippen LogP contribution in [0.2, 0.25) is 0 Å². The number of ether oxygens (including phenoxy) is 2. The number of amides is 1. The van der Waals surface area contributed by atoms with Crippen molar-refractivity contribution in [2.24, 2.45) is 0 Å². The Morgan fingerprint density at radius 1 is 1.03 bits per heavy atom. The molecule has 2 N–H and O–H groups in total. The van der Waals surface area contributed by atoms with Gasteiger partial charge in [-0.1, -0.05) is 0 Å². The molecule has 30 heavy (non-hydrogen) atoms. The maximum atomic E-state index is 12.6. The van der Waals surface area contributed by atoms with Crippen LogP contribution in [0, 0.1) is 0 Å². The van der Waals surface area contributed by atoms with Gasteiger partial charge in [-0.15, -0.1) is 0 Å². The number of hydrogen-bond acceptors (Lipinski definition) is 6. The fourth-order valence-corrected chi connectivity index (χ4v) is 3.69. The van der Waals surface area contributed by atoms with Crippen LogP contribution < -0.4 is 19.5 Å². The highest BCUT2D eigenvalue weighted by atomic mass is 32.2. The molecule has 1 aromatic heterocycles. The molecule has 3 aromatic rings. The quantitative estimate of drug-likeness (QED) is 0.569. The molecule has 0 saturated heterocycles. The number of nitrogens with zero attached hydrogens (tertiary/aromatic N) is 1. The second-order valence-electron chi connectivity index (χ2n) is 6.12. The lowest BCUT2D eigenvalue weighted by molar-refractivity contribution is 0.102. The predicted molar refractivity (Wildman–Crippen MR) is 114 cm³/mol. The second-order valence-corrected chi connectivity index (χ2v) is 7.80. The van der Waals surface area contributed by atoms with Gasteiger partial charge in [-0.05, 0) is 55.5 Å². The fraction of sp³-hybridized carbons (Fsp3) is 0.143. The van der Waals surface area contributed by atoms with E-state index in [4.69, 9.17) is 9.47 Å². The van der Waals surface area contributed by atoms with Crippen LogP contribution in [0.3, 0.4) is 0 Å². The molecule has 0 aliphatic carbocycles. The smallest absolute Gasteiger partial charge is 0.261 e. The van der Waals surface area contributed by atoms with Crippen LogP contribution >= 0.6 is 0 Å². The van der Waals surface area contributed by atoms with Crippen LogP contribution in [0.15, 0.2) is 71.9 Å². The van der Waals surface area contributed by atoms with E-state index < -0.39 is 15.9 Å². The molecule has 0 spiro atoms. The number of aromatic nitrogens is 1. The highest BCUT2D eigenvalue weighted by molar-refractivity contribution is 7.92. The number of nitrogens with one attached hydrogen (secondary N) is 2. The Kier molecular flexibility index (Phi) is 6.53. The van der Waals surface area contributed by atoms with Crippen molar-refractivity contribution in [1.29, 1.82) is 0 Å². The number of carbonyl (C=O) groups is 1. The molecular weight excluding hydrogens is 406 g/mol. The van der Waals surface area contributed by atoms with E-state index in [1.165, 1.54) is 37.6 Å². The van der Waals surface area contributed by atoms with Gasteiger partial charge in [0.15, 0.2) is 0 Å². The van der Waals surface area contributed by atoms with Gasteiger partial charge in [0, 0.05) is 23.5 Å². The molecule has 1 heterocycles. The van der Waals surface area contributed by atoms with Gasteiger partial charge in [-0.25, -0.2) is 8.42 Å². The molecule has 156 valence electrons. The van der Waals surface area contributed by atoms with E-state index in [-0.39, 0.29) is 4.90 Å². The third-order valence-electron chi connectivity index (χ3n) is 4.09. The summed E-state index contributed by atoms with van der Waals surface area (Å²) in [7, 11) is -2.31. The van der Waals surface area contributed by atoms with Crippen molar-refractivity contribution in [2.45, 2.75) is 11.8 Å². The molecule has 0 fully saturated rings. The summed E-state index contributed by atoms with van der Waals surface area (Å²) in [6, 6.07) is 13.8. The first-order valence-electron chi connectivity index (χ1n) is 9.08. The molecule has 9 heteroatoms. The summed E-state index contributed by atoms with van der Waals surface area (Å²) in [5, 5.41) is 2.69. The Morgan fingerprint density at radius 2 is 1.73 bits per heavy atom. The minimum atomic E-state index is -3.80. The first-order valence-corrected chi connectivity index (χ1v) is 10.6.